The Kier molecular flexibility index (Phi) is 9.71. The van der Waals surface area contributed by atoms with Gasteiger partial charge in [-0.25, -0.2) is 9.98 Å². The van der Waals surface area contributed by atoms with Gasteiger partial charge in [0.05, 0.1) is 12.3 Å². The van der Waals surface area contributed by atoms with Crippen LogP contribution in [-0.4, -0.2) is 46.1 Å². The first-order valence-electron chi connectivity index (χ1n) is 13.4. The zero-order valence-electron chi connectivity index (χ0n) is 22.1. The van der Waals surface area contributed by atoms with E-state index in [4.69, 9.17) is 27.8 Å². The molecule has 1 spiro atoms. The van der Waals surface area contributed by atoms with E-state index in [1.165, 1.54) is 17.8 Å². The quantitative estimate of drug-likeness (QED) is 0.149. The van der Waals surface area contributed by atoms with Crippen molar-refractivity contribution in [3.63, 3.8) is 0 Å². The van der Waals surface area contributed by atoms with E-state index in [1.54, 1.807) is 5.06 Å². The molecule has 1 aliphatic carbocycles. The molecule has 0 saturated heterocycles. The molecule has 0 unspecified atom stereocenters. The largest absolute Gasteiger partial charge is 0.370 e. The molecule has 2 heterocycles. The van der Waals surface area contributed by atoms with Gasteiger partial charge in [0.2, 0.25) is 23.0 Å². The Bertz CT molecular complexity index is 1210. The van der Waals surface area contributed by atoms with Crippen LogP contribution in [0, 0.1) is 0 Å². The fraction of sp³-hybridized carbons (Fsp3) is 0.500. The molecule has 1 aromatic heterocycles. The molecule has 1 amide bonds. The minimum absolute atomic E-state index is 0.00701. The van der Waals surface area contributed by atoms with Gasteiger partial charge in [0.1, 0.15) is 0 Å². The van der Waals surface area contributed by atoms with Crippen LogP contribution in [0.4, 0.5) is 10.8 Å². The number of guanidine groups is 3. The van der Waals surface area contributed by atoms with Crippen LogP contribution in [0.25, 0.3) is 11.3 Å². The Morgan fingerprint density at radius 2 is 1.87 bits per heavy atom. The molecule has 12 nitrogen and oxygen atoms in total. The third-order valence-corrected chi connectivity index (χ3v) is 7.45. The molecule has 2 aliphatic rings. The number of hydrogen-bond donors (Lipinski definition) is 5. The molecule has 1 aromatic carbocycles. The van der Waals surface area contributed by atoms with Crippen LogP contribution in [0.1, 0.15) is 70.6 Å². The standard InChI is InChI=1S/C26H38N10O2S/c27-22(28)33-25-32-20(17-39-25)18-10-9-11-19(16-18)31-21(37)12-5-2-1-3-8-15-38-36-24(30)34-23(29)35-26(36)13-6-4-7-14-26/h9-11,16-17H,1-8,12-15H2,(H,31,37)(H4,27,28,32,33)(H4,29,30,34,35). The molecule has 210 valence electrons. The minimum atomic E-state index is -0.516. The van der Waals surface area contributed by atoms with Crippen LogP contribution in [0.15, 0.2) is 44.6 Å². The highest BCUT2D eigenvalue weighted by atomic mass is 32.1. The lowest BCUT2D eigenvalue weighted by Gasteiger charge is -2.44. The zero-order valence-corrected chi connectivity index (χ0v) is 23.0. The van der Waals surface area contributed by atoms with Crippen molar-refractivity contribution in [2.45, 2.75) is 76.3 Å². The predicted molar refractivity (Wildman–Crippen MR) is 156 cm³/mol. The van der Waals surface area contributed by atoms with Crippen LogP contribution in [-0.2, 0) is 9.63 Å². The lowest BCUT2D eigenvalue weighted by Crippen LogP contribution is -2.57. The smallest absolute Gasteiger partial charge is 0.226 e. The van der Waals surface area contributed by atoms with Crippen molar-refractivity contribution in [1.29, 1.82) is 0 Å². The van der Waals surface area contributed by atoms with Gasteiger partial charge in [-0.05, 0) is 50.7 Å². The monoisotopic (exact) mass is 554 g/mol. The van der Waals surface area contributed by atoms with E-state index in [-0.39, 0.29) is 23.8 Å². The van der Waals surface area contributed by atoms with Gasteiger partial charge in [0.15, 0.2) is 11.6 Å². The van der Waals surface area contributed by atoms with Crippen molar-refractivity contribution < 1.29 is 9.63 Å². The van der Waals surface area contributed by atoms with Gasteiger partial charge in [0.25, 0.3) is 0 Å². The molecule has 9 N–H and O–H groups in total. The first-order chi connectivity index (χ1) is 18.8. The number of benzene rings is 1. The van der Waals surface area contributed by atoms with Crippen LogP contribution < -0.4 is 28.3 Å². The molecular formula is C26H38N10O2S. The summed E-state index contributed by atoms with van der Waals surface area (Å²) in [5.74, 6) is 0.468. The summed E-state index contributed by atoms with van der Waals surface area (Å²) in [5.41, 5.74) is 24.7. The number of anilines is 1. The maximum absolute atomic E-state index is 12.5. The average molecular weight is 555 g/mol. The van der Waals surface area contributed by atoms with Crippen LogP contribution >= 0.6 is 11.3 Å². The van der Waals surface area contributed by atoms with Crippen molar-refractivity contribution in [2.24, 2.45) is 37.9 Å². The van der Waals surface area contributed by atoms with E-state index >= 15 is 0 Å². The van der Waals surface area contributed by atoms with Crippen LogP contribution in [0.2, 0.25) is 0 Å². The molecule has 39 heavy (non-hydrogen) atoms. The summed E-state index contributed by atoms with van der Waals surface area (Å²) >= 11 is 1.35. The third kappa shape index (κ3) is 7.90. The molecule has 1 fully saturated rings. The van der Waals surface area contributed by atoms with Gasteiger partial charge in [-0.1, -0.05) is 37.8 Å². The van der Waals surface area contributed by atoms with E-state index in [0.717, 1.165) is 74.7 Å². The first kappa shape index (κ1) is 28.3. The van der Waals surface area contributed by atoms with Crippen molar-refractivity contribution in [3.05, 3.63) is 29.6 Å². The number of hydroxylamine groups is 2. The number of carbonyl (C=O) groups excluding carboxylic acids is 1. The summed E-state index contributed by atoms with van der Waals surface area (Å²) < 4.78 is 0. The normalized spacial score (nSPS) is 16.5. The van der Waals surface area contributed by atoms with Crippen LogP contribution in [0.5, 0.6) is 0 Å². The molecule has 0 atom stereocenters. The fourth-order valence-corrected chi connectivity index (χ4v) is 5.61. The van der Waals surface area contributed by atoms with Crippen LogP contribution in [0.3, 0.4) is 0 Å². The first-order valence-corrected chi connectivity index (χ1v) is 14.3. The Morgan fingerprint density at radius 3 is 2.67 bits per heavy atom. The Morgan fingerprint density at radius 1 is 1.10 bits per heavy atom. The second-order valence-electron chi connectivity index (χ2n) is 9.81. The number of rotatable bonds is 12. The van der Waals surface area contributed by atoms with Gasteiger partial charge >= 0.3 is 0 Å². The maximum atomic E-state index is 12.5. The Hall–Kier alpha value is -3.71. The highest BCUT2D eigenvalue weighted by Crippen LogP contribution is 2.36. The number of aliphatic imine (C=N–C) groups is 3. The number of aromatic nitrogens is 1. The second-order valence-corrected chi connectivity index (χ2v) is 10.6. The number of hydrogen-bond acceptors (Lipinski definition) is 10. The molecule has 0 radical (unpaired) electrons. The molecule has 0 bridgehead atoms. The summed E-state index contributed by atoms with van der Waals surface area (Å²) in [7, 11) is 0. The minimum Gasteiger partial charge on any atom is -0.370 e. The van der Waals surface area contributed by atoms with E-state index in [2.05, 4.69) is 25.3 Å². The predicted octanol–water partition coefficient (Wildman–Crippen LogP) is 3.53. The number of nitrogens with zero attached hydrogens (tertiary/aromatic N) is 5. The molecule has 2 aromatic rings. The highest BCUT2D eigenvalue weighted by molar-refractivity contribution is 7.13. The number of thiazole rings is 1. The van der Waals surface area contributed by atoms with E-state index in [9.17, 15) is 4.79 Å². The fourth-order valence-electron chi connectivity index (χ4n) is 4.89. The summed E-state index contributed by atoms with van der Waals surface area (Å²) in [6.07, 6.45) is 10.2. The summed E-state index contributed by atoms with van der Waals surface area (Å²) in [6.45, 7) is 0.538. The lowest BCUT2D eigenvalue weighted by molar-refractivity contribution is -0.177. The van der Waals surface area contributed by atoms with Gasteiger partial charge in [-0.15, -0.1) is 11.3 Å². The average Bonchev–Trinajstić information content (AvgIpc) is 3.35. The number of unbranched alkanes of at least 4 members (excludes halogenated alkanes) is 4. The van der Waals surface area contributed by atoms with Crippen molar-refractivity contribution >= 4 is 45.9 Å². The van der Waals surface area contributed by atoms with E-state index in [0.29, 0.717) is 18.2 Å². The summed E-state index contributed by atoms with van der Waals surface area (Å²) in [5, 5.41) is 7.02. The zero-order chi connectivity index (χ0) is 27.7. The number of carbonyl (C=O) groups is 1. The lowest BCUT2D eigenvalue weighted by atomic mass is 9.89. The molecule has 4 rings (SSSR count). The molecule has 1 saturated carbocycles. The SMILES string of the molecule is NC(N)=Nc1nc(-c2cccc(NC(=O)CCCCCCCON3C(N)=NC(N)=NC34CCCCC4)c2)cs1. The highest BCUT2D eigenvalue weighted by Gasteiger charge is 2.42. The maximum Gasteiger partial charge on any atom is 0.226 e. The van der Waals surface area contributed by atoms with Gasteiger partial charge in [-0.2, -0.15) is 15.0 Å². The number of nitrogens with two attached hydrogens (primary N) is 4. The number of amides is 1. The molecular weight excluding hydrogens is 516 g/mol. The molecule has 13 heteroatoms. The summed E-state index contributed by atoms with van der Waals surface area (Å²) in [4.78, 5) is 35.6. The third-order valence-electron chi connectivity index (χ3n) is 6.72. The molecule has 1 aliphatic heterocycles. The topological polar surface area (TPSA) is 196 Å². The Balaban J connectivity index is 1.13. The second kappa shape index (κ2) is 13.4. The Labute approximate surface area is 232 Å². The van der Waals surface area contributed by atoms with E-state index in [1.807, 2.05) is 29.6 Å². The number of nitrogens with one attached hydrogen (secondary N) is 1. The van der Waals surface area contributed by atoms with E-state index < -0.39 is 5.66 Å². The van der Waals surface area contributed by atoms with Crippen molar-refractivity contribution in [3.8, 4) is 11.3 Å². The van der Waals surface area contributed by atoms with Crippen molar-refractivity contribution in [1.82, 2.24) is 10.0 Å². The van der Waals surface area contributed by atoms with Crippen molar-refractivity contribution in [2.75, 3.05) is 11.9 Å². The summed E-state index contributed by atoms with van der Waals surface area (Å²) in [6, 6.07) is 7.57. The van der Waals surface area contributed by atoms with Gasteiger partial charge in [0, 0.05) is 23.1 Å². The van der Waals surface area contributed by atoms with Gasteiger partial charge < -0.3 is 28.3 Å². The van der Waals surface area contributed by atoms with Gasteiger partial charge in [-0.3, -0.25) is 9.63 Å².